The van der Waals surface area contributed by atoms with E-state index in [1.807, 2.05) is 48.5 Å². The minimum Gasteiger partial charge on any atom is -0.479 e. The Balaban J connectivity index is 1.59. The molecule has 8 heteroatoms. The van der Waals surface area contributed by atoms with Crippen molar-refractivity contribution in [3.63, 3.8) is 0 Å². The molecule has 0 bridgehead atoms. The first-order valence-electron chi connectivity index (χ1n) is 9.72. The zero-order chi connectivity index (χ0) is 21.7. The molecule has 1 aliphatic carbocycles. The fourth-order valence-corrected chi connectivity index (χ4v) is 3.40. The van der Waals surface area contributed by atoms with Gasteiger partial charge in [0.1, 0.15) is 12.6 Å². The van der Waals surface area contributed by atoms with Crippen LogP contribution in [0.15, 0.2) is 48.5 Å². The molecule has 3 N–H and O–H groups in total. The number of hydrogen-bond acceptors (Lipinski definition) is 5. The Kier molecular flexibility index (Phi) is 6.68. The Morgan fingerprint density at radius 3 is 2.13 bits per heavy atom. The molecule has 0 saturated carbocycles. The number of carbonyl (C=O) groups excluding carboxylic acids is 2. The highest BCUT2D eigenvalue weighted by Crippen LogP contribution is 2.44. The van der Waals surface area contributed by atoms with Crippen molar-refractivity contribution in [2.24, 2.45) is 0 Å². The van der Waals surface area contributed by atoms with Gasteiger partial charge in [0.25, 0.3) is 5.91 Å². The second-order valence-corrected chi connectivity index (χ2v) is 7.00. The predicted molar refractivity (Wildman–Crippen MR) is 109 cm³/mol. The highest BCUT2D eigenvalue weighted by atomic mass is 16.7. The number of nitrogens with one attached hydrogen (secondary N) is 2. The number of carboxylic acids is 1. The number of fused-ring (bicyclic) bond motifs is 3. The summed E-state index contributed by atoms with van der Waals surface area (Å²) in [5, 5.41) is 11.3. The monoisotopic (exact) mass is 412 g/mol. The smallest absolute Gasteiger partial charge is 0.407 e. The third kappa shape index (κ3) is 4.60. The summed E-state index contributed by atoms with van der Waals surface area (Å²) >= 11 is 0. The van der Waals surface area contributed by atoms with Crippen molar-refractivity contribution in [2.45, 2.75) is 38.3 Å². The molecule has 158 valence electrons. The Morgan fingerprint density at radius 1 is 1.03 bits per heavy atom. The molecule has 0 heterocycles. The first-order valence-corrected chi connectivity index (χ1v) is 9.72. The van der Waals surface area contributed by atoms with Crippen LogP contribution >= 0.6 is 0 Å². The van der Waals surface area contributed by atoms with E-state index < -0.39 is 30.1 Å². The number of ether oxygens (including phenoxy) is 1. The second-order valence-electron chi connectivity index (χ2n) is 7.00. The minimum absolute atomic E-state index is 0.0863. The van der Waals surface area contributed by atoms with Gasteiger partial charge in [-0.2, -0.15) is 0 Å². The van der Waals surface area contributed by atoms with Crippen LogP contribution in [0.4, 0.5) is 4.79 Å². The van der Waals surface area contributed by atoms with Crippen LogP contribution in [0.25, 0.3) is 11.1 Å². The molecule has 3 rings (SSSR count). The Hall–Kier alpha value is -3.39. The van der Waals surface area contributed by atoms with Gasteiger partial charge in [-0.1, -0.05) is 55.5 Å². The highest BCUT2D eigenvalue weighted by Gasteiger charge is 2.29. The molecule has 0 aliphatic heterocycles. The van der Waals surface area contributed by atoms with E-state index in [0.29, 0.717) is 0 Å². The van der Waals surface area contributed by atoms with Crippen molar-refractivity contribution in [3.8, 4) is 11.1 Å². The zero-order valence-electron chi connectivity index (χ0n) is 16.8. The van der Waals surface area contributed by atoms with Crippen LogP contribution in [0.3, 0.4) is 0 Å². The molecule has 2 amide bonds. The van der Waals surface area contributed by atoms with Crippen LogP contribution in [0.2, 0.25) is 0 Å². The second kappa shape index (κ2) is 9.41. The van der Waals surface area contributed by atoms with Gasteiger partial charge < -0.3 is 15.2 Å². The van der Waals surface area contributed by atoms with E-state index in [0.717, 1.165) is 22.3 Å². The fraction of sp³-hybridized carbons (Fsp3) is 0.318. The van der Waals surface area contributed by atoms with Crippen molar-refractivity contribution < 1.29 is 29.1 Å². The van der Waals surface area contributed by atoms with Gasteiger partial charge in [-0.3, -0.25) is 9.63 Å². The Labute approximate surface area is 174 Å². The summed E-state index contributed by atoms with van der Waals surface area (Å²) < 4.78 is 5.42. The normalized spacial score (nSPS) is 14.2. The molecule has 8 nitrogen and oxygen atoms in total. The molecule has 1 aliphatic rings. The molecule has 0 spiro atoms. The predicted octanol–water partition coefficient (Wildman–Crippen LogP) is 2.82. The van der Waals surface area contributed by atoms with Crippen LogP contribution in [0, 0.1) is 0 Å². The number of carbonyl (C=O) groups is 3. The Bertz CT molecular complexity index is 899. The van der Waals surface area contributed by atoms with Gasteiger partial charge in [0, 0.05) is 5.92 Å². The number of carboxylic acid groups (broad SMARTS) is 1. The van der Waals surface area contributed by atoms with E-state index in [1.165, 1.54) is 6.92 Å². The van der Waals surface area contributed by atoms with Crippen molar-refractivity contribution in [3.05, 3.63) is 59.7 Å². The number of aliphatic carboxylic acids is 1. The lowest BCUT2D eigenvalue weighted by atomic mass is 9.98. The average molecular weight is 412 g/mol. The van der Waals surface area contributed by atoms with Gasteiger partial charge in [-0.15, -0.1) is 0 Å². The SMILES string of the molecule is CC[C@@H](NC(=O)OCC1c2ccccc2-c2ccccc21)C(=O)NOC(C)C(=O)O. The van der Waals surface area contributed by atoms with Gasteiger partial charge in [-0.05, 0) is 35.6 Å². The molecular formula is C22H24N2O6. The van der Waals surface area contributed by atoms with Crippen molar-refractivity contribution >= 4 is 18.0 Å². The zero-order valence-corrected chi connectivity index (χ0v) is 16.8. The average Bonchev–Trinajstić information content (AvgIpc) is 3.07. The maximum Gasteiger partial charge on any atom is 0.407 e. The Morgan fingerprint density at radius 2 is 1.60 bits per heavy atom. The molecule has 0 aromatic heterocycles. The van der Waals surface area contributed by atoms with Crippen LogP contribution < -0.4 is 10.8 Å². The minimum atomic E-state index is -1.21. The van der Waals surface area contributed by atoms with E-state index >= 15 is 0 Å². The fourth-order valence-electron chi connectivity index (χ4n) is 3.40. The van der Waals surface area contributed by atoms with E-state index in [4.69, 9.17) is 14.7 Å². The maximum absolute atomic E-state index is 12.3. The topological polar surface area (TPSA) is 114 Å². The van der Waals surface area contributed by atoms with Crippen molar-refractivity contribution in [1.82, 2.24) is 10.8 Å². The number of rotatable bonds is 8. The third-order valence-corrected chi connectivity index (χ3v) is 5.04. The lowest BCUT2D eigenvalue weighted by molar-refractivity contribution is -0.159. The van der Waals surface area contributed by atoms with Crippen LogP contribution in [0.1, 0.15) is 37.3 Å². The van der Waals surface area contributed by atoms with Gasteiger partial charge in [0.05, 0.1) is 0 Å². The van der Waals surface area contributed by atoms with Crippen LogP contribution in [-0.2, 0) is 19.2 Å². The van der Waals surface area contributed by atoms with Gasteiger partial charge >= 0.3 is 12.1 Å². The first-order chi connectivity index (χ1) is 14.4. The molecule has 1 unspecified atom stereocenters. The van der Waals surface area contributed by atoms with Gasteiger partial charge in [0.2, 0.25) is 0 Å². The molecule has 0 fully saturated rings. The number of hydroxylamine groups is 1. The van der Waals surface area contributed by atoms with E-state index in [2.05, 4.69) is 10.8 Å². The highest BCUT2D eigenvalue weighted by molar-refractivity contribution is 5.85. The van der Waals surface area contributed by atoms with Gasteiger partial charge in [0.15, 0.2) is 6.10 Å². The van der Waals surface area contributed by atoms with E-state index in [1.54, 1.807) is 6.92 Å². The van der Waals surface area contributed by atoms with Crippen molar-refractivity contribution in [1.29, 1.82) is 0 Å². The summed E-state index contributed by atoms with van der Waals surface area (Å²) in [6.45, 7) is 3.11. The lowest BCUT2D eigenvalue weighted by Crippen LogP contribution is -2.47. The lowest BCUT2D eigenvalue weighted by Gasteiger charge is -2.19. The molecule has 30 heavy (non-hydrogen) atoms. The third-order valence-electron chi connectivity index (χ3n) is 5.04. The molecule has 0 saturated heterocycles. The standard InChI is InChI=1S/C22H24N2O6/c1-3-19(20(25)24-30-13(2)21(26)27)23-22(28)29-12-18-16-10-6-4-8-14(16)15-9-5-7-11-17(15)18/h4-11,13,18-19H,3,12H2,1-2H3,(H,23,28)(H,24,25)(H,26,27)/t13?,19-/m1/s1. The van der Waals surface area contributed by atoms with Gasteiger partial charge in [-0.25, -0.2) is 15.1 Å². The number of hydrogen-bond donors (Lipinski definition) is 3. The largest absolute Gasteiger partial charge is 0.479 e. The summed E-state index contributed by atoms with van der Waals surface area (Å²) in [4.78, 5) is 39.9. The quantitative estimate of drug-likeness (QED) is 0.575. The molecule has 2 aromatic carbocycles. The molecule has 2 aromatic rings. The number of benzene rings is 2. The van der Waals surface area contributed by atoms with E-state index in [-0.39, 0.29) is 18.9 Å². The summed E-state index contributed by atoms with van der Waals surface area (Å²) in [7, 11) is 0. The van der Waals surface area contributed by atoms with Crippen LogP contribution in [0.5, 0.6) is 0 Å². The number of alkyl carbamates (subject to hydrolysis) is 1. The summed E-state index contributed by atoms with van der Waals surface area (Å²) in [6, 6.07) is 15.1. The summed E-state index contributed by atoms with van der Waals surface area (Å²) in [6.07, 6.45) is -1.66. The molecular weight excluding hydrogens is 388 g/mol. The number of amides is 2. The summed E-state index contributed by atoms with van der Waals surface area (Å²) in [5.41, 5.74) is 6.48. The van der Waals surface area contributed by atoms with Crippen LogP contribution in [-0.4, -0.2) is 41.8 Å². The van der Waals surface area contributed by atoms with Crippen molar-refractivity contribution in [2.75, 3.05) is 6.61 Å². The summed E-state index contributed by atoms with van der Waals surface area (Å²) in [5.74, 6) is -1.95. The maximum atomic E-state index is 12.3. The molecule has 2 atom stereocenters. The first kappa shape index (κ1) is 21.3. The van der Waals surface area contributed by atoms with E-state index in [9.17, 15) is 14.4 Å². The molecule has 0 radical (unpaired) electrons.